The maximum Gasteiger partial charge on any atom is 0.337 e. The second-order valence-electron chi connectivity index (χ2n) is 7.86. The molecule has 8 heteroatoms. The van der Waals surface area contributed by atoms with E-state index in [9.17, 15) is 13.8 Å². The molecule has 0 aromatic heterocycles. The van der Waals surface area contributed by atoms with Crippen LogP contribution >= 0.6 is 0 Å². The van der Waals surface area contributed by atoms with Gasteiger partial charge in [-0.25, -0.2) is 9.00 Å². The third kappa shape index (κ3) is 4.32. The molecule has 34 heavy (non-hydrogen) atoms. The van der Waals surface area contributed by atoms with Crippen molar-refractivity contribution in [2.24, 2.45) is 0 Å². The maximum absolute atomic E-state index is 12.0. The van der Waals surface area contributed by atoms with E-state index in [1.54, 1.807) is 36.4 Å². The van der Waals surface area contributed by atoms with Crippen LogP contribution in [0.5, 0.6) is 17.2 Å². The van der Waals surface area contributed by atoms with Crippen LogP contribution < -0.4 is 14.2 Å². The first-order chi connectivity index (χ1) is 16.5. The molecular formula is C26H21NO6S. The fourth-order valence-electron chi connectivity index (χ4n) is 4.11. The molecule has 2 unspecified atom stereocenters. The molecule has 0 saturated heterocycles. The highest BCUT2D eigenvalue weighted by molar-refractivity contribution is 7.93. The predicted octanol–water partition coefficient (Wildman–Crippen LogP) is 4.47. The summed E-state index contributed by atoms with van der Waals surface area (Å²) in [5.74, 6) is 1.34. The first-order valence-electron chi connectivity index (χ1n) is 10.7. The summed E-state index contributed by atoms with van der Waals surface area (Å²) in [6, 6.07) is 20.0. The van der Waals surface area contributed by atoms with E-state index < -0.39 is 17.0 Å². The maximum atomic E-state index is 12.0. The van der Waals surface area contributed by atoms with Crippen molar-refractivity contribution in [3.8, 4) is 17.2 Å². The number of esters is 1. The molecule has 1 heterocycles. The van der Waals surface area contributed by atoms with Gasteiger partial charge < -0.3 is 14.2 Å². The number of nitrogens with one attached hydrogen (secondary N) is 1. The van der Waals surface area contributed by atoms with Gasteiger partial charge in [0.05, 0.1) is 17.6 Å². The number of rotatable bonds is 6. The van der Waals surface area contributed by atoms with Crippen LogP contribution in [-0.2, 0) is 26.9 Å². The van der Waals surface area contributed by atoms with Crippen LogP contribution in [0, 0.1) is 0 Å². The lowest BCUT2D eigenvalue weighted by Gasteiger charge is -2.16. The van der Waals surface area contributed by atoms with E-state index in [0.29, 0.717) is 27.5 Å². The molecule has 7 nitrogen and oxygen atoms in total. The number of amides is 1. The van der Waals surface area contributed by atoms with Crippen molar-refractivity contribution in [2.45, 2.75) is 18.9 Å². The summed E-state index contributed by atoms with van der Waals surface area (Å²) in [6.07, 6.45) is 2.86. The summed E-state index contributed by atoms with van der Waals surface area (Å²) in [5, 5.41) is 0. The normalized spacial score (nSPS) is 18.6. The Morgan fingerprint density at radius 1 is 1.00 bits per heavy atom. The zero-order valence-corrected chi connectivity index (χ0v) is 19.1. The quantitative estimate of drug-likeness (QED) is 0.529. The van der Waals surface area contributed by atoms with E-state index in [2.05, 4.69) is 4.72 Å². The van der Waals surface area contributed by atoms with E-state index in [-0.39, 0.29) is 12.0 Å². The van der Waals surface area contributed by atoms with Gasteiger partial charge in [-0.3, -0.25) is 9.52 Å². The first kappa shape index (κ1) is 21.9. The number of methoxy groups -OCH3 is 1. The molecule has 0 saturated carbocycles. The Morgan fingerprint density at radius 2 is 1.74 bits per heavy atom. The summed E-state index contributed by atoms with van der Waals surface area (Å²) in [7, 11) is -0.173. The van der Waals surface area contributed by atoms with Gasteiger partial charge in [0, 0.05) is 11.6 Å². The fourth-order valence-corrected chi connectivity index (χ4v) is 5.02. The van der Waals surface area contributed by atoms with Gasteiger partial charge in [0.2, 0.25) is 0 Å². The fraction of sp³-hybridized carbons (Fsp3) is 0.154. The van der Waals surface area contributed by atoms with Crippen LogP contribution in [0.25, 0.3) is 4.91 Å². The van der Waals surface area contributed by atoms with Crippen molar-refractivity contribution in [1.82, 2.24) is 4.72 Å². The van der Waals surface area contributed by atoms with Crippen LogP contribution in [-0.4, -0.2) is 23.2 Å². The highest BCUT2D eigenvalue weighted by Gasteiger charge is 2.27. The Kier molecular flexibility index (Phi) is 5.90. The second-order valence-corrected chi connectivity index (χ2v) is 9.04. The van der Waals surface area contributed by atoms with Crippen LogP contribution in [0.2, 0.25) is 0 Å². The molecule has 3 aromatic rings. The number of hydrogen-bond acceptors (Lipinski definition) is 6. The Hall–Kier alpha value is -3.91. The zero-order chi connectivity index (χ0) is 23.7. The number of fused-ring (bicyclic) bond motifs is 1. The molecule has 1 aliphatic carbocycles. The topological polar surface area (TPSA) is 90.9 Å². The van der Waals surface area contributed by atoms with E-state index in [4.69, 9.17) is 14.2 Å². The number of carbonyl (C=O) groups is 2. The number of benzene rings is 3. The molecule has 0 radical (unpaired) electrons. The predicted molar refractivity (Wildman–Crippen MR) is 127 cm³/mol. The molecule has 0 fully saturated rings. The lowest BCUT2D eigenvalue weighted by molar-refractivity contribution is -0.114. The summed E-state index contributed by atoms with van der Waals surface area (Å²) in [4.78, 5) is 23.5. The van der Waals surface area contributed by atoms with Crippen LogP contribution in [0.1, 0.15) is 39.6 Å². The second kappa shape index (κ2) is 9.15. The molecular weight excluding hydrogens is 454 g/mol. The summed E-state index contributed by atoms with van der Waals surface area (Å²) in [5.41, 5.74) is 3.34. The molecule has 5 rings (SSSR count). The van der Waals surface area contributed by atoms with Crippen molar-refractivity contribution < 1.29 is 28.0 Å². The van der Waals surface area contributed by atoms with Crippen molar-refractivity contribution in [3.63, 3.8) is 0 Å². The average molecular weight is 476 g/mol. The minimum atomic E-state index is -1.52. The van der Waals surface area contributed by atoms with Gasteiger partial charge >= 0.3 is 5.97 Å². The van der Waals surface area contributed by atoms with Gasteiger partial charge in [0.1, 0.15) is 23.4 Å². The van der Waals surface area contributed by atoms with Crippen LogP contribution in [0.15, 0.2) is 72.8 Å². The monoisotopic (exact) mass is 475 g/mol. The van der Waals surface area contributed by atoms with Gasteiger partial charge in [-0.1, -0.05) is 24.3 Å². The standard InChI is InChI=1S/C26H21NO6S/c1-31-26(29)17-7-11-19(12-8-17)32-22-4-2-3-20-21(22)13-14-23(20)33-18-9-5-16(6-10-18)24-15-25(28)27-34(24)30/h2-12,15,23H,13-14H2,1H3,(H,27,28). The third-order valence-corrected chi connectivity index (χ3v) is 6.89. The smallest absolute Gasteiger partial charge is 0.337 e. The first-order valence-corrected chi connectivity index (χ1v) is 11.9. The van der Waals surface area contributed by atoms with E-state index in [0.717, 1.165) is 29.7 Å². The Balaban J connectivity index is 1.30. The third-order valence-electron chi connectivity index (χ3n) is 5.75. The minimum absolute atomic E-state index is 0.117. The molecule has 0 bridgehead atoms. The summed E-state index contributed by atoms with van der Waals surface area (Å²) in [6.45, 7) is 0. The Labute approximate surface area is 198 Å². The Morgan fingerprint density at radius 3 is 2.41 bits per heavy atom. The van der Waals surface area contributed by atoms with Crippen LogP contribution in [0.4, 0.5) is 0 Å². The van der Waals surface area contributed by atoms with Gasteiger partial charge in [-0.2, -0.15) is 0 Å². The highest BCUT2D eigenvalue weighted by Crippen LogP contribution is 2.41. The largest absolute Gasteiger partial charge is 0.486 e. The van der Waals surface area contributed by atoms with Gasteiger partial charge in [-0.15, -0.1) is 0 Å². The molecule has 2 aliphatic rings. The van der Waals surface area contributed by atoms with Gasteiger partial charge in [0.15, 0.2) is 11.0 Å². The lowest BCUT2D eigenvalue weighted by atomic mass is 10.1. The summed E-state index contributed by atoms with van der Waals surface area (Å²) >= 11 is 0. The molecule has 2 atom stereocenters. The highest BCUT2D eigenvalue weighted by atomic mass is 32.2. The molecule has 3 aromatic carbocycles. The average Bonchev–Trinajstić information content (AvgIpc) is 3.42. The molecule has 1 aliphatic heterocycles. The zero-order valence-electron chi connectivity index (χ0n) is 18.3. The van der Waals surface area contributed by atoms with E-state index >= 15 is 0 Å². The van der Waals surface area contributed by atoms with Gasteiger partial charge in [-0.05, 0) is 66.4 Å². The number of ether oxygens (including phenoxy) is 3. The SMILES string of the molecule is COC(=O)c1ccc(Oc2cccc3c2CCC3Oc2ccc(C3=CC(=O)NS3=O)cc2)cc1. The van der Waals surface area contributed by atoms with Crippen LogP contribution in [0.3, 0.4) is 0 Å². The van der Waals surface area contributed by atoms with Crippen molar-refractivity contribution in [3.05, 3.63) is 95.1 Å². The van der Waals surface area contributed by atoms with Crippen molar-refractivity contribution in [1.29, 1.82) is 0 Å². The number of hydrogen-bond donors (Lipinski definition) is 1. The van der Waals surface area contributed by atoms with Crippen molar-refractivity contribution >= 4 is 27.8 Å². The van der Waals surface area contributed by atoms with Gasteiger partial charge in [0.25, 0.3) is 5.91 Å². The Bertz CT molecular complexity index is 1310. The number of carbonyl (C=O) groups excluding carboxylic acids is 2. The lowest BCUT2D eigenvalue weighted by Crippen LogP contribution is -2.16. The van der Waals surface area contributed by atoms with E-state index in [1.807, 2.05) is 30.3 Å². The minimum Gasteiger partial charge on any atom is -0.486 e. The molecule has 1 amide bonds. The van der Waals surface area contributed by atoms with Crippen molar-refractivity contribution in [2.75, 3.05) is 7.11 Å². The summed E-state index contributed by atoms with van der Waals surface area (Å²) < 4.78 is 31.4. The molecule has 172 valence electrons. The molecule has 0 spiro atoms. The molecule has 1 N–H and O–H groups in total. The van der Waals surface area contributed by atoms with E-state index in [1.165, 1.54) is 13.2 Å².